The minimum Gasteiger partial charge on any atom is -0.495 e. The number of hydrazine groups is 1. The number of ether oxygens (including phenoxy) is 8. The Kier molecular flexibility index (Phi) is 27.4. The standard InChI is InChI=1S/C64H93ClN10O17/c1-41-17-16-20-51(89-13)64(84)36-50(90-62(83)68-64)42(2)60-63(4,92-60)52(35-55(78)71(8)48-32-44(31-41)33-49(88-12)59(48)65)91-61(82)43(3)70(7)54(77)22-23-72(25-28-85-9)57(80)39-74(27-30-87-11)58(81)40-73(26-29-86-10)56(79)37-67-53(76)21-24-75-46(38-69(6)66-5)34-45-18-14-15-19-47(45)75/h14-20,32-34,42-43,50-52,60,66,84H,21-31,35-40H2,1-13H3,(H,67,76)(H,68,83). The summed E-state index contributed by atoms with van der Waals surface area (Å²) in [6, 6.07) is 12.2. The smallest absolute Gasteiger partial charge is 0.409 e. The monoisotopic (exact) mass is 1310 g/mol. The Morgan fingerprint density at radius 1 is 0.880 bits per heavy atom. The number of para-hydroxylation sites is 1. The van der Waals surface area contributed by atoms with E-state index in [9.17, 15) is 43.5 Å². The van der Waals surface area contributed by atoms with Crippen LogP contribution >= 0.6 is 11.6 Å². The van der Waals surface area contributed by atoms with E-state index < -0.39 is 115 Å². The van der Waals surface area contributed by atoms with Gasteiger partial charge in [0.1, 0.15) is 40.7 Å². The van der Waals surface area contributed by atoms with Gasteiger partial charge in [0.25, 0.3) is 0 Å². The lowest BCUT2D eigenvalue weighted by molar-refractivity contribution is -0.162. The van der Waals surface area contributed by atoms with Crippen LogP contribution in [0.1, 0.15) is 64.6 Å². The third-order valence-electron chi connectivity index (χ3n) is 17.2. The Hall–Kier alpha value is -7.21. The molecule has 92 heavy (non-hydrogen) atoms. The maximum absolute atomic E-state index is 14.6. The molecule has 3 aromatic rings. The highest BCUT2D eigenvalue weighted by atomic mass is 35.5. The minimum atomic E-state index is -1.92. The molecule has 8 atom stereocenters. The van der Waals surface area contributed by atoms with E-state index in [0.29, 0.717) is 30.9 Å². The molecule has 0 saturated carbocycles. The summed E-state index contributed by atoms with van der Waals surface area (Å²) in [5, 5.41) is 20.3. The van der Waals surface area contributed by atoms with E-state index in [1.807, 2.05) is 56.4 Å². The topological polar surface area (TPSA) is 294 Å². The number of aliphatic hydroxyl groups is 1. The number of nitrogens with one attached hydrogen (secondary N) is 3. The van der Waals surface area contributed by atoms with Gasteiger partial charge in [-0.25, -0.2) is 14.6 Å². The number of anilines is 1. The quantitative estimate of drug-likeness (QED) is 0.0441. The van der Waals surface area contributed by atoms with Crippen molar-refractivity contribution in [2.75, 3.05) is 134 Å². The number of rotatable bonds is 29. The average molecular weight is 1310 g/mol. The Morgan fingerprint density at radius 3 is 2.16 bits per heavy atom. The predicted molar refractivity (Wildman–Crippen MR) is 341 cm³/mol. The van der Waals surface area contributed by atoms with Crippen molar-refractivity contribution in [1.82, 2.24) is 45.2 Å². The van der Waals surface area contributed by atoms with Gasteiger partial charge in [-0.15, -0.1) is 0 Å². The molecule has 2 aromatic carbocycles. The number of esters is 1. The highest BCUT2D eigenvalue weighted by molar-refractivity contribution is 6.35. The van der Waals surface area contributed by atoms with E-state index in [0.717, 1.165) is 32.6 Å². The van der Waals surface area contributed by atoms with Gasteiger partial charge in [0.05, 0.1) is 71.3 Å². The fourth-order valence-electron chi connectivity index (χ4n) is 11.3. The molecule has 4 heterocycles. The number of alkyl carbamates (subject to hydrolysis) is 1. The van der Waals surface area contributed by atoms with Crippen LogP contribution in [0.25, 0.3) is 10.9 Å². The van der Waals surface area contributed by atoms with Crippen molar-refractivity contribution in [2.24, 2.45) is 5.92 Å². The van der Waals surface area contributed by atoms with Crippen molar-refractivity contribution in [3.63, 3.8) is 0 Å². The highest BCUT2D eigenvalue weighted by Crippen LogP contribution is 2.49. The number of methoxy groups -OCH3 is 5. The lowest BCUT2D eigenvalue weighted by Crippen LogP contribution is -2.63. The Bertz CT molecular complexity index is 3150. The van der Waals surface area contributed by atoms with Crippen LogP contribution in [0.5, 0.6) is 5.75 Å². The van der Waals surface area contributed by atoms with Crippen LogP contribution in [0.15, 0.2) is 66.3 Å². The molecular weight excluding hydrogens is 1220 g/mol. The first kappa shape index (κ1) is 73.8. The van der Waals surface area contributed by atoms with Crippen LogP contribution in [-0.2, 0) is 86.2 Å². The average Bonchev–Trinajstić information content (AvgIpc) is 1.57. The van der Waals surface area contributed by atoms with Gasteiger partial charge >= 0.3 is 12.1 Å². The van der Waals surface area contributed by atoms with E-state index in [1.165, 1.54) is 76.2 Å². The summed E-state index contributed by atoms with van der Waals surface area (Å²) in [5.74, 6) is -4.39. The fraction of sp³-hybridized carbons (Fsp3) is 0.594. The SMILES string of the molecule is CNN(C)Cc1cc2ccccc2n1CCC(=O)NCC(=O)N(CCOC)CC(=O)N(CCOC)CC(=O)N(CCOC)CCC(=O)N(C)C(C)C(=O)OC1CC(=O)N(C)c2cc(cc(OC)c2Cl)CC(C)=CC=CC(OC)C2(O)CC(OC(=O)N2)C(C)C2OC12C. The van der Waals surface area contributed by atoms with Crippen molar-refractivity contribution >= 4 is 75.7 Å². The zero-order valence-electron chi connectivity index (χ0n) is 55.2. The van der Waals surface area contributed by atoms with Crippen molar-refractivity contribution in [3.8, 4) is 5.75 Å². The number of fused-ring (bicyclic) bond motifs is 6. The van der Waals surface area contributed by atoms with Gasteiger partial charge in [-0.3, -0.25) is 39.5 Å². The number of benzene rings is 2. The molecule has 28 heteroatoms. The zero-order chi connectivity index (χ0) is 67.6. The molecule has 27 nitrogen and oxygen atoms in total. The lowest BCUT2D eigenvalue weighted by Gasteiger charge is -2.42. The molecular formula is C64H93ClN10O17. The van der Waals surface area contributed by atoms with E-state index >= 15 is 0 Å². The summed E-state index contributed by atoms with van der Waals surface area (Å²) in [7, 11) is 13.8. The lowest BCUT2D eigenvalue weighted by atomic mass is 9.83. The first-order valence-corrected chi connectivity index (χ1v) is 31.0. The molecule has 2 fully saturated rings. The number of allylic oxidation sites excluding steroid dienone is 3. The molecule has 3 aliphatic heterocycles. The summed E-state index contributed by atoms with van der Waals surface area (Å²) < 4.78 is 47.6. The molecule has 3 aliphatic rings. The van der Waals surface area contributed by atoms with Crippen molar-refractivity contribution < 1.29 is 81.4 Å². The third-order valence-corrected chi connectivity index (χ3v) is 17.6. The normalized spacial score (nSPS) is 21.9. The second-order valence-electron chi connectivity index (χ2n) is 23.6. The molecule has 0 spiro atoms. The predicted octanol–water partition coefficient (Wildman–Crippen LogP) is 3.06. The number of aryl methyl sites for hydroxylation is 1. The van der Waals surface area contributed by atoms with Gasteiger partial charge in [0, 0.05) is 119 Å². The summed E-state index contributed by atoms with van der Waals surface area (Å²) in [6.45, 7) is 6.36. The van der Waals surface area contributed by atoms with Crippen LogP contribution in [0.4, 0.5) is 10.5 Å². The van der Waals surface area contributed by atoms with E-state index in [2.05, 4.69) is 26.7 Å². The van der Waals surface area contributed by atoms with Crippen LogP contribution in [0, 0.1) is 5.92 Å². The van der Waals surface area contributed by atoms with Crippen LogP contribution in [-0.4, -0.2) is 253 Å². The number of aromatic nitrogens is 1. The molecule has 508 valence electrons. The fourth-order valence-corrected chi connectivity index (χ4v) is 11.6. The van der Waals surface area contributed by atoms with Gasteiger partial charge in [0.2, 0.25) is 35.4 Å². The molecule has 2 saturated heterocycles. The number of carbonyl (C=O) groups is 8. The summed E-state index contributed by atoms with van der Waals surface area (Å²) in [6.07, 6.45) is -0.189. The number of amides is 7. The first-order valence-electron chi connectivity index (χ1n) is 30.6. The number of halogens is 1. The Labute approximate surface area is 543 Å². The van der Waals surface area contributed by atoms with Crippen molar-refractivity contribution in [3.05, 3.63) is 82.5 Å². The Morgan fingerprint density at radius 2 is 1.52 bits per heavy atom. The third kappa shape index (κ3) is 19.2. The highest BCUT2D eigenvalue weighted by Gasteiger charge is 2.64. The number of likely N-dealkylation sites (N-methyl/N-ethyl adjacent to an activating group) is 1. The zero-order valence-corrected chi connectivity index (χ0v) is 56.0. The molecule has 1 aromatic heterocycles. The number of epoxide rings is 1. The van der Waals surface area contributed by atoms with Gasteiger partial charge in [-0.2, -0.15) is 0 Å². The van der Waals surface area contributed by atoms with Gasteiger partial charge in [-0.05, 0) is 69.5 Å². The summed E-state index contributed by atoms with van der Waals surface area (Å²) >= 11 is 6.87. The largest absolute Gasteiger partial charge is 0.495 e. The van der Waals surface area contributed by atoms with E-state index in [4.69, 9.17) is 49.5 Å². The van der Waals surface area contributed by atoms with Crippen molar-refractivity contribution in [1.29, 1.82) is 0 Å². The van der Waals surface area contributed by atoms with E-state index in [-0.39, 0.29) is 76.2 Å². The molecule has 4 N–H and O–H groups in total. The van der Waals surface area contributed by atoms with E-state index in [1.54, 1.807) is 38.1 Å². The molecule has 7 amide bonds. The number of hydrogen-bond acceptors (Lipinski definition) is 19. The molecule has 0 radical (unpaired) electrons. The van der Waals surface area contributed by atoms with Gasteiger partial charge in [0.15, 0.2) is 5.72 Å². The summed E-state index contributed by atoms with van der Waals surface area (Å²) in [4.78, 5) is 118. The maximum atomic E-state index is 14.6. The number of carbonyl (C=O) groups excluding carboxylic acids is 8. The molecule has 6 rings (SSSR count). The van der Waals surface area contributed by atoms with Crippen LogP contribution in [0.2, 0.25) is 5.02 Å². The molecule has 0 aliphatic carbocycles. The second kappa shape index (κ2) is 34.1. The van der Waals surface area contributed by atoms with Gasteiger partial charge < -0.3 is 77.4 Å². The van der Waals surface area contributed by atoms with Crippen LogP contribution < -0.4 is 25.7 Å². The van der Waals surface area contributed by atoms with Gasteiger partial charge in [-0.1, -0.05) is 60.5 Å². The molecule has 8 unspecified atom stereocenters. The number of hydrogen-bond donors (Lipinski definition) is 4. The van der Waals surface area contributed by atoms with Crippen LogP contribution in [0.3, 0.4) is 0 Å². The first-order chi connectivity index (χ1) is 43.8. The second-order valence-corrected chi connectivity index (χ2v) is 24.0. The minimum absolute atomic E-state index is 0.000972. The molecule has 4 bridgehead atoms. The summed E-state index contributed by atoms with van der Waals surface area (Å²) in [5.41, 5.74) is 3.70. The number of nitrogens with zero attached hydrogens (tertiary/aromatic N) is 7. The maximum Gasteiger partial charge on any atom is 0.409 e. The Balaban J connectivity index is 1.13. The van der Waals surface area contributed by atoms with Crippen molar-refractivity contribution in [2.45, 2.75) is 115 Å².